The second-order valence-electron chi connectivity index (χ2n) is 11.4. The van der Waals surface area contributed by atoms with E-state index >= 15 is 0 Å². The molecule has 0 aliphatic carbocycles. The minimum atomic E-state index is 0. The first-order valence-electron chi connectivity index (χ1n) is 13.0. The number of Topliss-reactive ketones (excluding diaryl/α,β-unsaturated/α-hetero) is 2. The van der Waals surface area contributed by atoms with Gasteiger partial charge < -0.3 is 42.9 Å². The summed E-state index contributed by atoms with van der Waals surface area (Å²) in [5, 5.41) is 4.46. The summed E-state index contributed by atoms with van der Waals surface area (Å²) in [6, 6.07) is 16.4. The smallest absolute Gasteiger partial charge is 0.216 e. The van der Waals surface area contributed by atoms with E-state index in [1.54, 1.807) is 0 Å². The first kappa shape index (κ1) is 29.0. The maximum Gasteiger partial charge on any atom is 0.216 e. The van der Waals surface area contributed by atoms with Crippen LogP contribution in [0.25, 0.3) is 21.5 Å². The maximum atomic E-state index is 13.1. The van der Waals surface area contributed by atoms with Gasteiger partial charge in [0.25, 0.3) is 0 Å². The van der Waals surface area contributed by atoms with E-state index in [4.69, 9.17) is 0 Å². The van der Waals surface area contributed by atoms with E-state index in [0.717, 1.165) is 67.8 Å². The lowest BCUT2D eigenvalue weighted by Gasteiger charge is -2.37. The molecule has 0 amide bonds. The summed E-state index contributed by atoms with van der Waals surface area (Å²) in [5.74, 6) is 0.475. The highest BCUT2D eigenvalue weighted by Gasteiger charge is 2.29. The van der Waals surface area contributed by atoms with Crippen LogP contribution in [-0.2, 0) is 0 Å². The number of carbonyl (C=O) groups excluding carboxylic acids is 2. The van der Waals surface area contributed by atoms with E-state index in [0.29, 0.717) is 13.1 Å². The quantitative estimate of drug-likeness (QED) is 0.215. The summed E-state index contributed by atoms with van der Waals surface area (Å²) in [6.45, 7) is 5.57. The summed E-state index contributed by atoms with van der Waals surface area (Å²) in [6.07, 6.45) is 7.45. The number of hydrogen-bond acceptors (Lipinski definition) is 2. The van der Waals surface area contributed by atoms with E-state index in [1.807, 2.05) is 24.3 Å². The van der Waals surface area contributed by atoms with Crippen LogP contribution in [0.5, 0.6) is 0 Å². The molecule has 2 aliphatic heterocycles. The molecule has 0 atom stereocenters. The normalized spacial score (nSPS) is 18.7. The van der Waals surface area contributed by atoms with Crippen LogP contribution >= 0.6 is 0 Å². The molecule has 6 heteroatoms. The predicted molar refractivity (Wildman–Crippen MR) is 139 cm³/mol. The van der Waals surface area contributed by atoms with Gasteiger partial charge in [0.1, 0.15) is 13.1 Å². The van der Waals surface area contributed by atoms with E-state index in [2.05, 4.69) is 38.4 Å². The van der Waals surface area contributed by atoms with Gasteiger partial charge in [0.05, 0.1) is 40.3 Å². The van der Waals surface area contributed by atoms with Gasteiger partial charge in [0, 0.05) is 11.1 Å². The van der Waals surface area contributed by atoms with Gasteiger partial charge in [-0.15, -0.1) is 0 Å². The standard InChI is InChI=1S/C30H38N2O2.2BrH/c1-31(15-5-3-6-16-31)21-29(33)25-11-13-27-23(19-25)9-10-24-20-26(12-14-28(24)27)30(34)22-32(2)17-7-4-8-18-32;;/h9-14,19-20H,3-8,15-18,21-22H2,1-2H3;2*1H/q+2;;/p-2. The molecule has 0 aromatic heterocycles. The number of fused-ring (bicyclic) bond motifs is 3. The van der Waals surface area contributed by atoms with Gasteiger partial charge in [-0.2, -0.15) is 0 Å². The zero-order valence-electron chi connectivity index (χ0n) is 21.6. The lowest BCUT2D eigenvalue weighted by molar-refractivity contribution is -0.906. The van der Waals surface area contributed by atoms with Crippen molar-refractivity contribution in [2.45, 2.75) is 38.5 Å². The van der Waals surface area contributed by atoms with E-state index in [9.17, 15) is 9.59 Å². The SMILES string of the molecule is C[N+]1(CC(=O)c2ccc3c(ccc4cc(C(=O)C[N+]5(C)CCCCC5)ccc43)c2)CCCCC1.[Br-].[Br-]. The molecule has 0 unspecified atom stereocenters. The van der Waals surface area contributed by atoms with Crippen molar-refractivity contribution in [2.75, 3.05) is 53.4 Å². The number of halogens is 2. The average molecular weight is 618 g/mol. The first-order chi connectivity index (χ1) is 16.3. The Hall–Kier alpha value is -1.60. The molecule has 0 bridgehead atoms. The van der Waals surface area contributed by atoms with Gasteiger partial charge in [0.15, 0.2) is 0 Å². The molecule has 36 heavy (non-hydrogen) atoms. The first-order valence-corrected chi connectivity index (χ1v) is 13.0. The van der Waals surface area contributed by atoms with Crippen molar-refractivity contribution in [2.24, 2.45) is 0 Å². The number of quaternary nitrogens is 2. The summed E-state index contributed by atoms with van der Waals surface area (Å²) >= 11 is 0. The predicted octanol–water partition coefficient (Wildman–Crippen LogP) is -0.373. The fraction of sp³-hybridized carbons (Fsp3) is 0.467. The molecule has 3 aromatic carbocycles. The highest BCUT2D eigenvalue weighted by Crippen LogP contribution is 2.28. The summed E-state index contributed by atoms with van der Waals surface area (Å²) in [4.78, 5) is 26.2. The average Bonchev–Trinajstić information content (AvgIpc) is 2.83. The summed E-state index contributed by atoms with van der Waals surface area (Å²) in [7, 11) is 4.44. The van der Waals surface area contributed by atoms with Crippen LogP contribution < -0.4 is 34.0 Å². The molecule has 0 spiro atoms. The van der Waals surface area contributed by atoms with Crippen LogP contribution in [0.2, 0.25) is 0 Å². The number of likely N-dealkylation sites (N-methyl/N-ethyl adjacent to an activating group) is 2. The topological polar surface area (TPSA) is 34.1 Å². The molecule has 0 radical (unpaired) electrons. The molecule has 5 rings (SSSR count). The Labute approximate surface area is 236 Å². The largest absolute Gasteiger partial charge is 1.00 e. The number of nitrogens with zero attached hydrogens (tertiary/aromatic N) is 2. The Bertz CT molecular complexity index is 1150. The molecular weight excluding hydrogens is 580 g/mol. The highest BCUT2D eigenvalue weighted by atomic mass is 79.9. The van der Waals surface area contributed by atoms with Crippen LogP contribution in [0, 0.1) is 0 Å². The number of likely N-dealkylation sites (tertiary alicyclic amines) is 2. The monoisotopic (exact) mass is 616 g/mol. The molecule has 194 valence electrons. The third kappa shape index (κ3) is 6.27. The van der Waals surface area contributed by atoms with E-state index in [1.165, 1.54) is 38.5 Å². The lowest BCUT2D eigenvalue weighted by atomic mass is 9.96. The van der Waals surface area contributed by atoms with Gasteiger partial charge in [-0.25, -0.2) is 0 Å². The van der Waals surface area contributed by atoms with Crippen molar-refractivity contribution in [3.05, 3.63) is 59.7 Å². The Kier molecular flexibility index (Phi) is 9.53. The number of carbonyl (C=O) groups is 2. The van der Waals surface area contributed by atoms with Crippen LogP contribution in [0.4, 0.5) is 0 Å². The Balaban J connectivity index is 0.00000180. The van der Waals surface area contributed by atoms with Crippen molar-refractivity contribution < 1.29 is 52.5 Å². The lowest BCUT2D eigenvalue weighted by Crippen LogP contribution is -3.00. The minimum Gasteiger partial charge on any atom is -1.00 e. The number of piperidine rings is 2. The molecule has 2 fully saturated rings. The molecule has 2 heterocycles. The number of benzene rings is 3. The van der Waals surface area contributed by atoms with Crippen molar-refractivity contribution in [1.29, 1.82) is 0 Å². The molecule has 0 saturated carbocycles. The Morgan fingerprint density at radius 3 is 1.31 bits per heavy atom. The molecule has 4 nitrogen and oxygen atoms in total. The second kappa shape index (κ2) is 11.8. The second-order valence-corrected chi connectivity index (χ2v) is 11.4. The highest BCUT2D eigenvalue weighted by molar-refractivity contribution is 6.11. The van der Waals surface area contributed by atoms with Crippen LogP contribution in [0.3, 0.4) is 0 Å². The molecule has 2 saturated heterocycles. The fourth-order valence-electron chi connectivity index (χ4n) is 6.16. The van der Waals surface area contributed by atoms with Gasteiger partial charge in [-0.05, 0) is 72.2 Å². The molecule has 0 N–H and O–H groups in total. The third-order valence-electron chi connectivity index (χ3n) is 8.32. The van der Waals surface area contributed by atoms with Crippen molar-refractivity contribution >= 4 is 33.1 Å². The zero-order valence-corrected chi connectivity index (χ0v) is 24.7. The van der Waals surface area contributed by atoms with Crippen LogP contribution in [0.1, 0.15) is 59.2 Å². The Morgan fingerprint density at radius 2 is 0.944 bits per heavy atom. The van der Waals surface area contributed by atoms with Gasteiger partial charge in [-0.3, -0.25) is 9.59 Å². The van der Waals surface area contributed by atoms with Gasteiger partial charge in [-0.1, -0.05) is 36.4 Å². The van der Waals surface area contributed by atoms with Crippen LogP contribution in [0.15, 0.2) is 48.5 Å². The molecule has 3 aromatic rings. The maximum absolute atomic E-state index is 13.1. The minimum absolute atomic E-state index is 0. The number of rotatable bonds is 6. The van der Waals surface area contributed by atoms with Crippen molar-refractivity contribution in [1.82, 2.24) is 0 Å². The van der Waals surface area contributed by atoms with Gasteiger partial charge >= 0.3 is 0 Å². The summed E-state index contributed by atoms with van der Waals surface area (Å²) < 4.78 is 1.73. The summed E-state index contributed by atoms with van der Waals surface area (Å²) in [5.41, 5.74) is 1.61. The number of hydrogen-bond donors (Lipinski definition) is 0. The van der Waals surface area contributed by atoms with Gasteiger partial charge in [0.2, 0.25) is 11.6 Å². The third-order valence-corrected chi connectivity index (χ3v) is 8.32. The van der Waals surface area contributed by atoms with Crippen molar-refractivity contribution in [3.63, 3.8) is 0 Å². The van der Waals surface area contributed by atoms with Crippen LogP contribution in [-0.4, -0.2) is 73.9 Å². The number of ketones is 2. The fourth-order valence-corrected chi connectivity index (χ4v) is 6.16. The van der Waals surface area contributed by atoms with E-state index in [-0.39, 0.29) is 45.5 Å². The molecular formula is C30H38Br2N2O2. The Morgan fingerprint density at radius 1 is 0.583 bits per heavy atom. The molecule has 2 aliphatic rings. The van der Waals surface area contributed by atoms with Crippen molar-refractivity contribution in [3.8, 4) is 0 Å². The zero-order chi connectivity index (χ0) is 23.8. The van der Waals surface area contributed by atoms with E-state index < -0.39 is 0 Å².